The maximum atomic E-state index is 11.9. The Morgan fingerprint density at radius 1 is 1.38 bits per heavy atom. The number of hydrogen-bond acceptors (Lipinski definition) is 4. The predicted octanol–water partition coefficient (Wildman–Crippen LogP) is 3.15. The van der Waals surface area contributed by atoms with Gasteiger partial charge >= 0.3 is 0 Å². The number of pyridine rings is 1. The van der Waals surface area contributed by atoms with Crippen LogP contribution in [-0.2, 0) is 4.79 Å². The molecular formula is C14H15Br2N3O2. The number of carbonyl (C=O) groups is 1. The summed E-state index contributed by atoms with van der Waals surface area (Å²) < 4.78 is 7.52. The van der Waals surface area contributed by atoms with E-state index in [-0.39, 0.29) is 11.8 Å². The topological polar surface area (TPSA) is 77.2 Å². The van der Waals surface area contributed by atoms with E-state index in [0.717, 1.165) is 14.3 Å². The number of benzene rings is 1. The van der Waals surface area contributed by atoms with Crippen LogP contribution in [0, 0.1) is 5.92 Å². The fourth-order valence-electron chi connectivity index (χ4n) is 1.96. The molecule has 5 nitrogen and oxygen atoms in total. The van der Waals surface area contributed by atoms with E-state index in [1.54, 1.807) is 6.20 Å². The number of hydrazine groups is 1. The first-order chi connectivity index (χ1) is 9.95. The highest BCUT2D eigenvalue weighted by Crippen LogP contribution is 2.38. The van der Waals surface area contributed by atoms with Crippen LogP contribution >= 0.6 is 31.9 Å². The van der Waals surface area contributed by atoms with Crippen molar-refractivity contribution in [3.8, 4) is 5.75 Å². The van der Waals surface area contributed by atoms with Crippen LogP contribution in [0.3, 0.4) is 0 Å². The fourth-order valence-corrected chi connectivity index (χ4v) is 3.33. The van der Waals surface area contributed by atoms with Crippen LogP contribution < -0.4 is 16.0 Å². The van der Waals surface area contributed by atoms with Crippen molar-refractivity contribution in [3.63, 3.8) is 0 Å². The number of rotatable bonds is 4. The van der Waals surface area contributed by atoms with Gasteiger partial charge in [-0.1, -0.05) is 35.8 Å². The Morgan fingerprint density at radius 2 is 2.10 bits per heavy atom. The zero-order valence-corrected chi connectivity index (χ0v) is 14.7. The second-order valence-corrected chi connectivity index (χ2v) is 6.57. The van der Waals surface area contributed by atoms with Crippen LogP contribution in [0.5, 0.6) is 5.75 Å². The Balaban J connectivity index is 2.53. The van der Waals surface area contributed by atoms with Crippen molar-refractivity contribution in [2.24, 2.45) is 11.8 Å². The van der Waals surface area contributed by atoms with E-state index in [1.807, 2.05) is 32.0 Å². The molecule has 0 aliphatic rings. The van der Waals surface area contributed by atoms with Gasteiger partial charge in [-0.25, -0.2) is 5.84 Å². The van der Waals surface area contributed by atoms with E-state index in [9.17, 15) is 4.79 Å². The van der Waals surface area contributed by atoms with Gasteiger partial charge in [0.05, 0.1) is 4.47 Å². The second-order valence-electron chi connectivity index (χ2n) is 4.86. The highest BCUT2D eigenvalue weighted by molar-refractivity contribution is 9.11. The summed E-state index contributed by atoms with van der Waals surface area (Å²) in [6, 6.07) is 5.65. The molecule has 2 aromatic rings. The van der Waals surface area contributed by atoms with Gasteiger partial charge in [0, 0.05) is 16.1 Å². The van der Waals surface area contributed by atoms with Gasteiger partial charge in [0.1, 0.15) is 5.52 Å². The first kappa shape index (κ1) is 16.2. The van der Waals surface area contributed by atoms with Crippen LogP contribution in [0.25, 0.3) is 10.9 Å². The number of aromatic nitrogens is 1. The summed E-state index contributed by atoms with van der Waals surface area (Å²) in [4.78, 5) is 16.2. The SMILES string of the molecule is CC(C)C(Oc1c(Br)cc(Br)c2cccnc12)C(=O)NN. The molecule has 1 heterocycles. The smallest absolute Gasteiger partial charge is 0.275 e. The van der Waals surface area contributed by atoms with Gasteiger partial charge in [0.15, 0.2) is 11.9 Å². The summed E-state index contributed by atoms with van der Waals surface area (Å²) in [6.07, 6.45) is 0.985. The third kappa shape index (κ3) is 3.36. The molecular weight excluding hydrogens is 402 g/mol. The molecule has 0 saturated heterocycles. The third-order valence-electron chi connectivity index (χ3n) is 3.00. The standard InChI is InChI=1S/C14H15Br2N3O2/c1-7(2)12(14(20)19-17)21-13-10(16)6-9(15)8-4-3-5-18-11(8)13/h3-7,12H,17H2,1-2H3,(H,19,20). The Kier molecular flexibility index (Phi) is 5.18. The van der Waals surface area contributed by atoms with Gasteiger partial charge in [0.2, 0.25) is 0 Å². The lowest BCUT2D eigenvalue weighted by molar-refractivity contribution is -0.129. The average Bonchev–Trinajstić information content (AvgIpc) is 2.46. The maximum absolute atomic E-state index is 11.9. The second kappa shape index (κ2) is 6.72. The number of carbonyl (C=O) groups excluding carboxylic acids is 1. The minimum atomic E-state index is -0.697. The summed E-state index contributed by atoms with van der Waals surface area (Å²) in [6.45, 7) is 3.78. The summed E-state index contributed by atoms with van der Waals surface area (Å²) in [5.41, 5.74) is 2.81. The molecule has 0 aliphatic carbocycles. The highest BCUT2D eigenvalue weighted by Gasteiger charge is 2.26. The molecule has 7 heteroatoms. The van der Waals surface area contributed by atoms with Gasteiger partial charge < -0.3 is 4.74 Å². The largest absolute Gasteiger partial charge is 0.477 e. The van der Waals surface area contributed by atoms with Gasteiger partial charge in [0.25, 0.3) is 5.91 Å². The molecule has 1 unspecified atom stereocenters. The molecule has 1 atom stereocenters. The number of halogens is 2. The van der Waals surface area contributed by atoms with E-state index >= 15 is 0 Å². The van der Waals surface area contributed by atoms with Crippen LogP contribution in [0.4, 0.5) is 0 Å². The molecule has 1 aromatic carbocycles. The Morgan fingerprint density at radius 3 is 2.71 bits per heavy atom. The molecule has 21 heavy (non-hydrogen) atoms. The molecule has 0 spiro atoms. The van der Waals surface area contributed by atoms with Crippen molar-refractivity contribution in [1.82, 2.24) is 10.4 Å². The van der Waals surface area contributed by atoms with Crippen LogP contribution in [0.1, 0.15) is 13.8 Å². The molecule has 3 N–H and O–H groups in total. The van der Waals surface area contributed by atoms with Crippen molar-refractivity contribution in [3.05, 3.63) is 33.3 Å². The average molecular weight is 417 g/mol. The van der Waals surface area contributed by atoms with Crippen molar-refractivity contribution < 1.29 is 9.53 Å². The number of nitrogens with zero attached hydrogens (tertiary/aromatic N) is 1. The lowest BCUT2D eigenvalue weighted by Gasteiger charge is -2.22. The third-order valence-corrected chi connectivity index (χ3v) is 4.25. The fraction of sp³-hybridized carbons (Fsp3) is 0.286. The molecule has 0 fully saturated rings. The van der Waals surface area contributed by atoms with Crippen molar-refractivity contribution in [1.29, 1.82) is 0 Å². The van der Waals surface area contributed by atoms with Crippen molar-refractivity contribution in [2.75, 3.05) is 0 Å². The molecule has 1 amide bonds. The number of nitrogens with one attached hydrogen (secondary N) is 1. The van der Waals surface area contributed by atoms with Gasteiger partial charge in [-0.15, -0.1) is 0 Å². The maximum Gasteiger partial charge on any atom is 0.275 e. The first-order valence-electron chi connectivity index (χ1n) is 6.35. The van der Waals surface area contributed by atoms with Gasteiger partial charge in [-0.05, 0) is 34.0 Å². The quantitative estimate of drug-likeness (QED) is 0.456. The zero-order chi connectivity index (χ0) is 15.6. The highest BCUT2D eigenvalue weighted by atomic mass is 79.9. The molecule has 112 valence electrons. The van der Waals surface area contributed by atoms with E-state index < -0.39 is 6.10 Å². The van der Waals surface area contributed by atoms with Crippen LogP contribution in [0.15, 0.2) is 33.3 Å². The molecule has 1 aromatic heterocycles. The van der Waals surface area contributed by atoms with Crippen molar-refractivity contribution >= 4 is 48.7 Å². The van der Waals surface area contributed by atoms with Crippen LogP contribution in [0.2, 0.25) is 0 Å². The first-order valence-corrected chi connectivity index (χ1v) is 7.94. The summed E-state index contributed by atoms with van der Waals surface area (Å²) in [5, 5.41) is 0.909. The summed E-state index contributed by atoms with van der Waals surface area (Å²) in [5.74, 6) is 5.34. The summed E-state index contributed by atoms with van der Waals surface area (Å²) in [7, 11) is 0. The Hall–Kier alpha value is -1.18. The molecule has 0 aliphatic heterocycles. The van der Waals surface area contributed by atoms with Gasteiger partial charge in [-0.3, -0.25) is 15.2 Å². The zero-order valence-electron chi connectivity index (χ0n) is 11.6. The monoisotopic (exact) mass is 415 g/mol. The number of ether oxygens (including phenoxy) is 1. The Bertz CT molecular complexity index is 677. The molecule has 0 radical (unpaired) electrons. The molecule has 0 saturated carbocycles. The number of hydrogen-bond donors (Lipinski definition) is 2. The van der Waals surface area contributed by atoms with Crippen molar-refractivity contribution in [2.45, 2.75) is 20.0 Å². The minimum absolute atomic E-state index is 0.0390. The predicted molar refractivity (Wildman–Crippen MR) is 88.7 cm³/mol. The Labute approximate surface area is 139 Å². The summed E-state index contributed by atoms with van der Waals surface area (Å²) >= 11 is 6.95. The van der Waals surface area contributed by atoms with E-state index in [1.165, 1.54) is 0 Å². The lowest BCUT2D eigenvalue weighted by atomic mass is 10.1. The normalized spacial score (nSPS) is 12.5. The van der Waals surface area contributed by atoms with Gasteiger partial charge in [-0.2, -0.15) is 0 Å². The van der Waals surface area contributed by atoms with Crippen LogP contribution in [-0.4, -0.2) is 17.0 Å². The lowest BCUT2D eigenvalue weighted by Crippen LogP contribution is -2.44. The number of fused-ring (bicyclic) bond motifs is 1. The number of amides is 1. The van der Waals surface area contributed by atoms with E-state index in [4.69, 9.17) is 10.6 Å². The van der Waals surface area contributed by atoms with E-state index in [0.29, 0.717) is 11.3 Å². The molecule has 2 rings (SSSR count). The number of nitrogens with two attached hydrogens (primary N) is 1. The van der Waals surface area contributed by atoms with E-state index in [2.05, 4.69) is 42.3 Å². The minimum Gasteiger partial charge on any atom is -0.477 e. The molecule has 0 bridgehead atoms.